The van der Waals surface area contributed by atoms with Crippen LogP contribution in [-0.4, -0.2) is 38.0 Å². The van der Waals surface area contributed by atoms with Gasteiger partial charge in [0.2, 0.25) is 5.82 Å². The monoisotopic (exact) mass is 372 g/mol. The van der Waals surface area contributed by atoms with Crippen LogP contribution in [0.15, 0.2) is 84.9 Å². The molecule has 0 bridgehead atoms. The fourth-order valence-corrected chi connectivity index (χ4v) is 2.83. The van der Waals surface area contributed by atoms with E-state index in [1.807, 2.05) is 72.8 Å². The molecule has 0 unspecified atom stereocenters. The molecule has 0 radical (unpaired) electrons. The van der Waals surface area contributed by atoms with Gasteiger partial charge < -0.3 is 9.84 Å². The quantitative estimate of drug-likeness (QED) is 0.538. The highest BCUT2D eigenvalue weighted by Gasteiger charge is 2.11. The van der Waals surface area contributed by atoms with Gasteiger partial charge in [0.25, 0.3) is 0 Å². The zero-order valence-electron chi connectivity index (χ0n) is 15.2. The molecule has 6 heteroatoms. The summed E-state index contributed by atoms with van der Waals surface area (Å²) in [5.41, 5.74) is 3.16. The molecular weight excluding hydrogens is 352 g/mol. The molecule has 1 aromatic heterocycles. The maximum Gasteiger partial charge on any atom is 0.204 e. The van der Waals surface area contributed by atoms with Crippen LogP contribution >= 0.6 is 0 Å². The molecule has 140 valence electrons. The van der Waals surface area contributed by atoms with E-state index < -0.39 is 6.10 Å². The van der Waals surface area contributed by atoms with E-state index in [-0.39, 0.29) is 13.2 Å². The molecule has 28 heavy (non-hydrogen) atoms. The molecule has 1 heterocycles. The average molecular weight is 372 g/mol. The third-order valence-electron chi connectivity index (χ3n) is 4.26. The molecule has 0 saturated carbocycles. The van der Waals surface area contributed by atoms with E-state index in [2.05, 4.69) is 27.5 Å². The van der Waals surface area contributed by atoms with Gasteiger partial charge >= 0.3 is 0 Å². The number of nitrogens with zero attached hydrogens (tertiary/aromatic N) is 4. The van der Waals surface area contributed by atoms with Gasteiger partial charge in [-0.15, -0.1) is 10.2 Å². The molecule has 0 saturated heterocycles. The minimum Gasteiger partial charge on any atom is -0.491 e. The summed E-state index contributed by atoms with van der Waals surface area (Å²) in [4.78, 5) is 1.38. The second-order valence-corrected chi connectivity index (χ2v) is 6.39. The molecule has 1 atom stereocenters. The van der Waals surface area contributed by atoms with Gasteiger partial charge in [-0.05, 0) is 28.5 Å². The minimum atomic E-state index is -0.744. The molecule has 1 N–H and O–H groups in total. The van der Waals surface area contributed by atoms with Crippen LogP contribution in [0, 0.1) is 0 Å². The zero-order valence-corrected chi connectivity index (χ0v) is 15.2. The van der Waals surface area contributed by atoms with Crippen molar-refractivity contribution in [3.8, 4) is 28.3 Å². The lowest BCUT2D eigenvalue weighted by Crippen LogP contribution is -2.24. The summed E-state index contributed by atoms with van der Waals surface area (Å²) in [6.45, 7) is 0.356. The first-order valence-corrected chi connectivity index (χ1v) is 9.07. The van der Waals surface area contributed by atoms with Gasteiger partial charge in [0.1, 0.15) is 18.5 Å². The lowest BCUT2D eigenvalue weighted by Gasteiger charge is -2.12. The van der Waals surface area contributed by atoms with Crippen LogP contribution < -0.4 is 4.74 Å². The van der Waals surface area contributed by atoms with Crippen LogP contribution in [0.3, 0.4) is 0 Å². The van der Waals surface area contributed by atoms with Gasteiger partial charge in [-0.3, -0.25) is 0 Å². The maximum absolute atomic E-state index is 10.2. The molecule has 4 aromatic rings. The van der Waals surface area contributed by atoms with Gasteiger partial charge in [-0.2, -0.15) is 4.80 Å². The third-order valence-corrected chi connectivity index (χ3v) is 4.26. The molecule has 0 aliphatic carbocycles. The normalized spacial score (nSPS) is 11.9. The van der Waals surface area contributed by atoms with Crippen molar-refractivity contribution in [1.82, 2.24) is 20.2 Å². The minimum absolute atomic E-state index is 0.146. The first kappa shape index (κ1) is 17.9. The van der Waals surface area contributed by atoms with E-state index in [1.54, 1.807) is 0 Å². The van der Waals surface area contributed by atoms with E-state index >= 15 is 0 Å². The second-order valence-electron chi connectivity index (χ2n) is 6.39. The summed E-state index contributed by atoms with van der Waals surface area (Å²) in [7, 11) is 0. The largest absolute Gasteiger partial charge is 0.491 e. The van der Waals surface area contributed by atoms with E-state index in [4.69, 9.17) is 4.74 Å². The molecular formula is C22H20N4O2. The zero-order chi connectivity index (χ0) is 19.2. The highest BCUT2D eigenvalue weighted by molar-refractivity contribution is 5.63. The number of tetrazole rings is 1. The summed E-state index contributed by atoms with van der Waals surface area (Å²) < 4.78 is 5.68. The van der Waals surface area contributed by atoms with Gasteiger partial charge in [0, 0.05) is 5.56 Å². The summed E-state index contributed by atoms with van der Waals surface area (Å²) in [6, 6.07) is 27.6. The van der Waals surface area contributed by atoms with E-state index in [9.17, 15) is 5.11 Å². The molecule has 0 amide bonds. The van der Waals surface area contributed by atoms with Crippen LogP contribution in [0.4, 0.5) is 0 Å². The molecule has 4 rings (SSSR count). The Morgan fingerprint density at radius 2 is 1.39 bits per heavy atom. The van der Waals surface area contributed by atoms with Crippen molar-refractivity contribution in [1.29, 1.82) is 0 Å². The Kier molecular flexibility index (Phi) is 5.40. The van der Waals surface area contributed by atoms with Crippen molar-refractivity contribution in [3.63, 3.8) is 0 Å². The summed E-state index contributed by atoms with van der Waals surface area (Å²) >= 11 is 0. The topological polar surface area (TPSA) is 73.1 Å². The smallest absolute Gasteiger partial charge is 0.204 e. The molecule has 0 spiro atoms. The standard InChI is InChI=1S/C22H20N4O2/c27-20(15-26-24-22(23-25-26)19-9-5-2-6-10-19)16-28-21-13-11-18(12-14-21)17-7-3-1-4-8-17/h1-14,20,27H,15-16H2/t20-/m0/s1. The van der Waals surface area contributed by atoms with E-state index in [1.165, 1.54) is 4.80 Å². The lowest BCUT2D eigenvalue weighted by atomic mass is 10.1. The van der Waals surface area contributed by atoms with Crippen molar-refractivity contribution in [2.45, 2.75) is 12.6 Å². The lowest BCUT2D eigenvalue weighted by molar-refractivity contribution is 0.0850. The SMILES string of the molecule is O[C@H](COc1ccc(-c2ccccc2)cc1)Cn1nnc(-c2ccccc2)n1. The third kappa shape index (κ3) is 4.42. The van der Waals surface area contributed by atoms with Crippen LogP contribution in [0.1, 0.15) is 0 Å². The van der Waals surface area contributed by atoms with Gasteiger partial charge in [-0.1, -0.05) is 72.8 Å². The van der Waals surface area contributed by atoms with E-state index in [0.29, 0.717) is 11.6 Å². The first-order valence-electron chi connectivity index (χ1n) is 9.07. The Morgan fingerprint density at radius 1 is 0.786 bits per heavy atom. The predicted molar refractivity (Wildman–Crippen MR) is 107 cm³/mol. The molecule has 0 aliphatic heterocycles. The molecule has 0 aliphatic rings. The van der Waals surface area contributed by atoms with Crippen molar-refractivity contribution in [2.75, 3.05) is 6.61 Å². The molecule has 0 fully saturated rings. The number of hydrogen-bond donors (Lipinski definition) is 1. The number of rotatable bonds is 7. The number of aliphatic hydroxyl groups is 1. The van der Waals surface area contributed by atoms with Gasteiger partial charge in [0.05, 0.1) is 6.54 Å². The maximum atomic E-state index is 10.2. The summed E-state index contributed by atoms with van der Waals surface area (Å²) in [5.74, 6) is 1.24. The summed E-state index contributed by atoms with van der Waals surface area (Å²) in [5, 5.41) is 22.5. The average Bonchev–Trinajstić information content (AvgIpc) is 3.22. The Hall–Kier alpha value is -3.51. The number of benzene rings is 3. The second kappa shape index (κ2) is 8.45. The van der Waals surface area contributed by atoms with Gasteiger partial charge in [0.15, 0.2) is 0 Å². The fraction of sp³-hybridized carbons (Fsp3) is 0.136. The van der Waals surface area contributed by atoms with Crippen molar-refractivity contribution >= 4 is 0 Å². The Morgan fingerprint density at radius 3 is 2.07 bits per heavy atom. The summed E-state index contributed by atoms with van der Waals surface area (Å²) in [6.07, 6.45) is -0.744. The van der Waals surface area contributed by atoms with E-state index in [0.717, 1.165) is 16.7 Å². The predicted octanol–water partition coefficient (Wildman–Crippen LogP) is 3.45. The Bertz CT molecular complexity index is 1000. The van der Waals surface area contributed by atoms with Crippen LogP contribution in [0.25, 0.3) is 22.5 Å². The number of aliphatic hydroxyl groups excluding tert-OH is 1. The van der Waals surface area contributed by atoms with Crippen molar-refractivity contribution in [3.05, 3.63) is 84.9 Å². The molecule has 3 aromatic carbocycles. The van der Waals surface area contributed by atoms with Crippen LogP contribution in [0.2, 0.25) is 0 Å². The Balaban J connectivity index is 1.31. The number of ether oxygens (including phenoxy) is 1. The van der Waals surface area contributed by atoms with Crippen molar-refractivity contribution in [2.24, 2.45) is 0 Å². The number of hydrogen-bond acceptors (Lipinski definition) is 5. The first-order chi connectivity index (χ1) is 13.8. The van der Waals surface area contributed by atoms with Crippen molar-refractivity contribution < 1.29 is 9.84 Å². The highest BCUT2D eigenvalue weighted by Crippen LogP contribution is 2.22. The Labute approximate surface area is 163 Å². The van der Waals surface area contributed by atoms with Crippen LogP contribution in [-0.2, 0) is 6.54 Å². The van der Waals surface area contributed by atoms with Crippen LogP contribution in [0.5, 0.6) is 5.75 Å². The fourth-order valence-electron chi connectivity index (χ4n) is 2.83. The molecule has 6 nitrogen and oxygen atoms in total. The van der Waals surface area contributed by atoms with Gasteiger partial charge in [-0.25, -0.2) is 0 Å². The highest BCUT2D eigenvalue weighted by atomic mass is 16.5. The number of aromatic nitrogens is 4.